The number of esters is 1. The molecular formula is C29H32N2O3. The summed E-state index contributed by atoms with van der Waals surface area (Å²) in [6.07, 6.45) is 3.24. The number of pyridine rings is 1. The molecule has 0 spiro atoms. The molecule has 3 heterocycles. The third-order valence-electron chi connectivity index (χ3n) is 6.89. The first-order chi connectivity index (χ1) is 16.5. The molecule has 0 fully saturated rings. The number of aryl methyl sites for hydroxylation is 3. The minimum absolute atomic E-state index is 0.206. The van der Waals surface area contributed by atoms with Crippen LogP contribution in [0.2, 0.25) is 0 Å². The summed E-state index contributed by atoms with van der Waals surface area (Å²) in [4.78, 5) is 17.5. The number of rotatable bonds is 5. The molecule has 2 aliphatic rings. The minimum atomic E-state index is -0.221. The van der Waals surface area contributed by atoms with E-state index in [0.29, 0.717) is 6.61 Å². The number of aromatic nitrogens is 1. The van der Waals surface area contributed by atoms with Crippen molar-refractivity contribution in [2.24, 2.45) is 0 Å². The first kappa shape index (κ1) is 22.6. The van der Waals surface area contributed by atoms with E-state index >= 15 is 0 Å². The van der Waals surface area contributed by atoms with Gasteiger partial charge in [0.2, 0.25) is 0 Å². The SMILES string of the molecule is CCOC(=O)Cc1c(C)nc(C)c(-c2ccc3c(c2)CCNC3)c1-c1ccc2c(c1)CCCO2. The summed E-state index contributed by atoms with van der Waals surface area (Å²) in [5.41, 5.74) is 11.2. The maximum atomic E-state index is 12.6. The monoisotopic (exact) mass is 456 g/mol. The number of nitrogens with one attached hydrogen (secondary N) is 1. The normalized spacial score (nSPS) is 14.7. The predicted molar refractivity (Wildman–Crippen MR) is 134 cm³/mol. The number of carbonyl (C=O) groups is 1. The molecular weight excluding hydrogens is 424 g/mol. The van der Waals surface area contributed by atoms with Crippen LogP contribution in [-0.4, -0.2) is 30.7 Å². The molecule has 0 atom stereocenters. The summed E-state index contributed by atoms with van der Waals surface area (Å²) in [6, 6.07) is 13.2. The van der Waals surface area contributed by atoms with Crippen molar-refractivity contribution in [2.45, 2.75) is 53.0 Å². The van der Waals surface area contributed by atoms with Crippen molar-refractivity contribution >= 4 is 5.97 Å². The number of nitrogens with zero attached hydrogens (tertiary/aromatic N) is 1. The van der Waals surface area contributed by atoms with Crippen molar-refractivity contribution in [3.63, 3.8) is 0 Å². The highest BCUT2D eigenvalue weighted by Crippen LogP contribution is 2.41. The lowest BCUT2D eigenvalue weighted by Gasteiger charge is -2.23. The van der Waals surface area contributed by atoms with Gasteiger partial charge in [-0.2, -0.15) is 0 Å². The van der Waals surface area contributed by atoms with E-state index in [-0.39, 0.29) is 12.4 Å². The third kappa shape index (κ3) is 4.32. The Morgan fingerprint density at radius 3 is 2.65 bits per heavy atom. The highest BCUT2D eigenvalue weighted by atomic mass is 16.5. The second-order valence-corrected chi connectivity index (χ2v) is 9.18. The number of ether oxygens (including phenoxy) is 2. The molecule has 0 aliphatic carbocycles. The average Bonchev–Trinajstić information content (AvgIpc) is 2.85. The lowest BCUT2D eigenvalue weighted by Crippen LogP contribution is -2.23. The van der Waals surface area contributed by atoms with Crippen LogP contribution in [0.4, 0.5) is 0 Å². The second-order valence-electron chi connectivity index (χ2n) is 9.18. The van der Waals surface area contributed by atoms with Gasteiger partial charge < -0.3 is 14.8 Å². The Labute approximate surface area is 201 Å². The summed E-state index contributed by atoms with van der Waals surface area (Å²) >= 11 is 0. The van der Waals surface area contributed by atoms with Crippen LogP contribution in [-0.2, 0) is 35.3 Å². The number of hydrogen-bond acceptors (Lipinski definition) is 5. The topological polar surface area (TPSA) is 60.5 Å². The zero-order valence-electron chi connectivity index (χ0n) is 20.3. The molecule has 0 amide bonds. The minimum Gasteiger partial charge on any atom is -0.493 e. The van der Waals surface area contributed by atoms with Crippen LogP contribution in [0.15, 0.2) is 36.4 Å². The van der Waals surface area contributed by atoms with Gasteiger partial charge in [0.25, 0.3) is 0 Å². The Hall–Kier alpha value is -3.18. The highest BCUT2D eigenvalue weighted by molar-refractivity contribution is 5.90. The zero-order chi connectivity index (χ0) is 23.7. The Morgan fingerprint density at radius 1 is 1.00 bits per heavy atom. The summed E-state index contributed by atoms with van der Waals surface area (Å²) in [6.45, 7) is 8.95. The molecule has 5 rings (SSSR count). The molecule has 0 radical (unpaired) electrons. The molecule has 176 valence electrons. The average molecular weight is 457 g/mol. The lowest BCUT2D eigenvalue weighted by molar-refractivity contribution is -0.142. The van der Waals surface area contributed by atoms with E-state index in [2.05, 4.69) is 48.6 Å². The Morgan fingerprint density at radius 2 is 1.79 bits per heavy atom. The van der Waals surface area contributed by atoms with Gasteiger partial charge in [-0.05, 0) is 97.7 Å². The van der Waals surface area contributed by atoms with Gasteiger partial charge >= 0.3 is 5.97 Å². The van der Waals surface area contributed by atoms with Gasteiger partial charge in [-0.1, -0.05) is 24.3 Å². The van der Waals surface area contributed by atoms with Gasteiger partial charge in [0.15, 0.2) is 0 Å². The molecule has 0 saturated carbocycles. The highest BCUT2D eigenvalue weighted by Gasteiger charge is 2.23. The van der Waals surface area contributed by atoms with Crippen molar-refractivity contribution in [2.75, 3.05) is 19.8 Å². The fourth-order valence-corrected chi connectivity index (χ4v) is 5.28. The van der Waals surface area contributed by atoms with E-state index in [1.54, 1.807) is 0 Å². The second kappa shape index (κ2) is 9.59. The first-order valence-electron chi connectivity index (χ1n) is 12.3. The van der Waals surface area contributed by atoms with Gasteiger partial charge in [0.05, 0.1) is 19.6 Å². The predicted octanol–water partition coefficient (Wildman–Crippen LogP) is 5.11. The van der Waals surface area contributed by atoms with Crippen LogP contribution in [0.3, 0.4) is 0 Å². The molecule has 1 N–H and O–H groups in total. The van der Waals surface area contributed by atoms with Crippen LogP contribution in [0.5, 0.6) is 5.75 Å². The van der Waals surface area contributed by atoms with Crippen molar-refractivity contribution in [1.82, 2.24) is 10.3 Å². The number of hydrogen-bond donors (Lipinski definition) is 1. The van der Waals surface area contributed by atoms with Crippen LogP contribution in [0, 0.1) is 13.8 Å². The Bertz CT molecular complexity index is 1250. The van der Waals surface area contributed by atoms with Crippen LogP contribution in [0.1, 0.15) is 47.0 Å². The van der Waals surface area contributed by atoms with Gasteiger partial charge in [0, 0.05) is 23.5 Å². The summed E-state index contributed by atoms with van der Waals surface area (Å²) in [5, 5.41) is 3.45. The first-order valence-corrected chi connectivity index (χ1v) is 12.3. The molecule has 2 aliphatic heterocycles. The molecule has 5 nitrogen and oxygen atoms in total. The molecule has 2 aromatic carbocycles. The standard InChI is InChI=1S/C29H32N2O3/c1-4-33-27(32)16-25-18(2)31-19(3)28(22-7-8-24-17-30-12-11-20(24)14-22)29(25)23-9-10-26-21(15-23)6-5-13-34-26/h7-10,14-15,30H,4-6,11-13,16-17H2,1-3H3. The summed E-state index contributed by atoms with van der Waals surface area (Å²) in [7, 11) is 0. The smallest absolute Gasteiger partial charge is 0.310 e. The van der Waals surface area contributed by atoms with Gasteiger partial charge in [0.1, 0.15) is 5.75 Å². The van der Waals surface area contributed by atoms with Crippen molar-refractivity contribution in [3.05, 3.63) is 70.0 Å². The summed E-state index contributed by atoms with van der Waals surface area (Å²) in [5.74, 6) is 0.744. The Balaban J connectivity index is 1.73. The molecule has 1 aromatic heterocycles. The molecule has 0 unspecified atom stereocenters. The fourth-order valence-electron chi connectivity index (χ4n) is 5.28. The van der Waals surface area contributed by atoms with Gasteiger partial charge in [-0.3, -0.25) is 9.78 Å². The maximum Gasteiger partial charge on any atom is 0.310 e. The van der Waals surface area contributed by atoms with Crippen molar-refractivity contribution in [3.8, 4) is 28.0 Å². The Kier molecular flexibility index (Phi) is 6.38. The van der Waals surface area contributed by atoms with E-state index in [1.807, 2.05) is 13.8 Å². The quantitative estimate of drug-likeness (QED) is 0.541. The molecule has 3 aromatic rings. The molecule has 34 heavy (non-hydrogen) atoms. The van der Waals surface area contributed by atoms with Crippen molar-refractivity contribution in [1.29, 1.82) is 0 Å². The number of fused-ring (bicyclic) bond motifs is 2. The zero-order valence-corrected chi connectivity index (χ0v) is 20.3. The fraction of sp³-hybridized carbons (Fsp3) is 0.379. The van der Waals surface area contributed by atoms with E-state index < -0.39 is 0 Å². The van der Waals surface area contributed by atoms with E-state index in [0.717, 1.165) is 83.9 Å². The van der Waals surface area contributed by atoms with Crippen LogP contribution in [0.25, 0.3) is 22.3 Å². The van der Waals surface area contributed by atoms with Crippen molar-refractivity contribution < 1.29 is 14.3 Å². The van der Waals surface area contributed by atoms with Gasteiger partial charge in [-0.15, -0.1) is 0 Å². The summed E-state index contributed by atoms with van der Waals surface area (Å²) < 4.78 is 11.2. The largest absolute Gasteiger partial charge is 0.493 e. The van der Waals surface area contributed by atoms with E-state index in [1.165, 1.54) is 16.7 Å². The third-order valence-corrected chi connectivity index (χ3v) is 6.89. The van der Waals surface area contributed by atoms with E-state index in [9.17, 15) is 4.79 Å². The van der Waals surface area contributed by atoms with Crippen LogP contribution >= 0.6 is 0 Å². The molecule has 5 heteroatoms. The van der Waals surface area contributed by atoms with Crippen LogP contribution < -0.4 is 10.1 Å². The molecule has 0 saturated heterocycles. The maximum absolute atomic E-state index is 12.6. The number of carbonyl (C=O) groups excluding carboxylic acids is 1. The number of benzene rings is 2. The molecule has 0 bridgehead atoms. The lowest BCUT2D eigenvalue weighted by atomic mass is 9.85. The van der Waals surface area contributed by atoms with E-state index in [4.69, 9.17) is 14.5 Å². The van der Waals surface area contributed by atoms with Gasteiger partial charge in [-0.25, -0.2) is 0 Å².